The van der Waals surface area contributed by atoms with Gasteiger partial charge in [-0.05, 0) is 48.7 Å². The van der Waals surface area contributed by atoms with Gasteiger partial charge in [0.25, 0.3) is 0 Å². The molecule has 0 radical (unpaired) electrons. The van der Waals surface area contributed by atoms with Crippen LogP contribution in [0.2, 0.25) is 0 Å². The first kappa shape index (κ1) is 20.4. The molecule has 3 aromatic rings. The van der Waals surface area contributed by atoms with E-state index in [2.05, 4.69) is 43.8 Å². The smallest absolute Gasteiger partial charge is 0.234 e. The SMILES string of the molecule is Cc1ccc(-n2nnnc2SCC(=O)Nc2ccccc2N2CCN(C)CC2)cc1. The lowest BCUT2D eigenvalue weighted by atomic mass is 10.2. The van der Waals surface area contributed by atoms with Crippen molar-refractivity contribution < 1.29 is 4.79 Å². The molecule has 1 amide bonds. The summed E-state index contributed by atoms with van der Waals surface area (Å²) in [5.41, 5.74) is 3.94. The molecule has 2 heterocycles. The zero-order valence-corrected chi connectivity index (χ0v) is 18.0. The number of anilines is 2. The molecule has 8 nitrogen and oxygen atoms in total. The molecule has 156 valence electrons. The van der Waals surface area contributed by atoms with Gasteiger partial charge in [0.2, 0.25) is 11.1 Å². The Bertz CT molecular complexity index is 997. The lowest BCUT2D eigenvalue weighted by Crippen LogP contribution is -2.44. The molecule has 30 heavy (non-hydrogen) atoms. The van der Waals surface area contributed by atoms with Crippen molar-refractivity contribution in [3.63, 3.8) is 0 Å². The zero-order chi connectivity index (χ0) is 20.9. The number of amides is 1. The summed E-state index contributed by atoms with van der Waals surface area (Å²) < 4.78 is 1.65. The normalized spacial score (nSPS) is 14.7. The number of nitrogens with one attached hydrogen (secondary N) is 1. The maximum Gasteiger partial charge on any atom is 0.234 e. The fraction of sp³-hybridized carbons (Fsp3) is 0.333. The number of aromatic nitrogens is 4. The van der Waals surface area contributed by atoms with Crippen LogP contribution >= 0.6 is 11.8 Å². The molecule has 1 aliphatic rings. The number of hydrogen-bond acceptors (Lipinski definition) is 7. The van der Waals surface area contributed by atoms with Crippen LogP contribution in [-0.4, -0.2) is 70.0 Å². The predicted molar refractivity (Wildman–Crippen MR) is 119 cm³/mol. The summed E-state index contributed by atoms with van der Waals surface area (Å²) in [6.45, 7) is 5.95. The highest BCUT2D eigenvalue weighted by Gasteiger charge is 2.18. The van der Waals surface area contributed by atoms with Crippen molar-refractivity contribution >= 4 is 29.0 Å². The topological polar surface area (TPSA) is 79.2 Å². The Morgan fingerprint density at radius 3 is 2.57 bits per heavy atom. The molecular formula is C21H25N7OS. The Morgan fingerprint density at radius 2 is 1.80 bits per heavy atom. The number of tetrazole rings is 1. The van der Waals surface area contributed by atoms with E-state index in [1.807, 2.05) is 49.4 Å². The number of piperazine rings is 1. The first-order chi connectivity index (χ1) is 14.6. The minimum Gasteiger partial charge on any atom is -0.367 e. The van der Waals surface area contributed by atoms with Crippen LogP contribution in [0.3, 0.4) is 0 Å². The van der Waals surface area contributed by atoms with E-state index in [0.29, 0.717) is 5.16 Å². The van der Waals surface area contributed by atoms with E-state index in [0.717, 1.165) is 43.2 Å². The van der Waals surface area contributed by atoms with Crippen LogP contribution in [0.5, 0.6) is 0 Å². The van der Waals surface area contributed by atoms with Gasteiger partial charge in [-0.25, -0.2) is 0 Å². The Balaban J connectivity index is 1.40. The van der Waals surface area contributed by atoms with Crippen LogP contribution in [0.25, 0.3) is 5.69 Å². The molecule has 0 spiro atoms. The number of carbonyl (C=O) groups excluding carboxylic acids is 1. The molecule has 1 saturated heterocycles. The van der Waals surface area contributed by atoms with Crippen LogP contribution < -0.4 is 10.2 Å². The van der Waals surface area contributed by atoms with Gasteiger partial charge in [0.1, 0.15) is 0 Å². The van der Waals surface area contributed by atoms with Gasteiger partial charge in [0.15, 0.2) is 0 Å². The van der Waals surface area contributed by atoms with Crippen molar-refractivity contribution in [2.24, 2.45) is 0 Å². The Morgan fingerprint density at radius 1 is 1.07 bits per heavy atom. The van der Waals surface area contributed by atoms with Crippen molar-refractivity contribution in [1.29, 1.82) is 0 Å². The van der Waals surface area contributed by atoms with Crippen LogP contribution in [0.15, 0.2) is 53.7 Å². The maximum absolute atomic E-state index is 12.7. The van der Waals surface area contributed by atoms with Gasteiger partial charge < -0.3 is 15.1 Å². The molecule has 1 fully saturated rings. The van der Waals surface area contributed by atoms with E-state index < -0.39 is 0 Å². The maximum atomic E-state index is 12.7. The summed E-state index contributed by atoms with van der Waals surface area (Å²) >= 11 is 1.32. The summed E-state index contributed by atoms with van der Waals surface area (Å²) in [6, 6.07) is 15.9. The number of para-hydroxylation sites is 2. The molecule has 4 rings (SSSR count). The van der Waals surface area contributed by atoms with Crippen molar-refractivity contribution in [3.8, 4) is 5.69 Å². The number of carbonyl (C=O) groups is 1. The van der Waals surface area contributed by atoms with Gasteiger partial charge in [-0.2, -0.15) is 4.68 Å². The lowest BCUT2D eigenvalue weighted by Gasteiger charge is -2.35. The van der Waals surface area contributed by atoms with Crippen molar-refractivity contribution in [2.75, 3.05) is 49.2 Å². The van der Waals surface area contributed by atoms with E-state index in [1.54, 1.807) is 4.68 Å². The molecule has 0 unspecified atom stereocenters. The van der Waals surface area contributed by atoms with Gasteiger partial charge in [0, 0.05) is 26.2 Å². The van der Waals surface area contributed by atoms with Crippen molar-refractivity contribution in [3.05, 3.63) is 54.1 Å². The van der Waals surface area contributed by atoms with Crippen LogP contribution in [0, 0.1) is 6.92 Å². The van der Waals surface area contributed by atoms with Gasteiger partial charge in [0.05, 0.1) is 22.8 Å². The Hall–Kier alpha value is -2.91. The second-order valence-electron chi connectivity index (χ2n) is 7.35. The number of rotatable bonds is 6. The molecular weight excluding hydrogens is 398 g/mol. The molecule has 0 saturated carbocycles. The second kappa shape index (κ2) is 9.27. The molecule has 9 heteroatoms. The van der Waals surface area contributed by atoms with E-state index in [4.69, 9.17) is 0 Å². The molecule has 1 aromatic heterocycles. The summed E-state index contributed by atoms with van der Waals surface area (Å²) in [5, 5.41) is 15.5. The summed E-state index contributed by atoms with van der Waals surface area (Å²) in [6.07, 6.45) is 0. The minimum absolute atomic E-state index is 0.0833. The second-order valence-corrected chi connectivity index (χ2v) is 8.30. The van der Waals surface area contributed by atoms with Gasteiger partial charge in [-0.3, -0.25) is 4.79 Å². The van der Waals surface area contributed by atoms with Crippen LogP contribution in [0.1, 0.15) is 5.56 Å². The minimum atomic E-state index is -0.0833. The molecule has 1 aliphatic heterocycles. The number of hydrogen-bond donors (Lipinski definition) is 1. The number of thioether (sulfide) groups is 1. The van der Waals surface area contributed by atoms with E-state index in [-0.39, 0.29) is 11.7 Å². The van der Waals surface area contributed by atoms with Gasteiger partial charge >= 0.3 is 0 Å². The van der Waals surface area contributed by atoms with Crippen molar-refractivity contribution in [1.82, 2.24) is 25.1 Å². The van der Waals surface area contributed by atoms with Crippen molar-refractivity contribution in [2.45, 2.75) is 12.1 Å². The van der Waals surface area contributed by atoms with Crippen LogP contribution in [-0.2, 0) is 4.79 Å². The van der Waals surface area contributed by atoms with Gasteiger partial charge in [-0.15, -0.1) is 5.10 Å². The highest BCUT2D eigenvalue weighted by Crippen LogP contribution is 2.27. The highest BCUT2D eigenvalue weighted by atomic mass is 32.2. The first-order valence-electron chi connectivity index (χ1n) is 9.91. The molecule has 1 N–H and O–H groups in total. The van der Waals surface area contributed by atoms with E-state index in [1.165, 1.54) is 17.3 Å². The largest absolute Gasteiger partial charge is 0.367 e. The van der Waals surface area contributed by atoms with E-state index >= 15 is 0 Å². The Labute approximate surface area is 180 Å². The third-order valence-corrected chi connectivity index (χ3v) is 5.99. The predicted octanol–water partition coefficient (Wildman–Crippen LogP) is 2.45. The number of nitrogens with zero attached hydrogens (tertiary/aromatic N) is 6. The monoisotopic (exact) mass is 423 g/mol. The molecule has 0 aliphatic carbocycles. The van der Waals surface area contributed by atoms with Gasteiger partial charge in [-0.1, -0.05) is 41.6 Å². The average molecular weight is 424 g/mol. The third kappa shape index (κ3) is 4.80. The number of aryl methyl sites for hydroxylation is 1. The fourth-order valence-electron chi connectivity index (χ4n) is 3.34. The Kier molecular flexibility index (Phi) is 6.29. The zero-order valence-electron chi connectivity index (χ0n) is 17.2. The fourth-order valence-corrected chi connectivity index (χ4v) is 4.03. The number of likely N-dealkylation sites (N-methyl/N-ethyl adjacent to an activating group) is 1. The lowest BCUT2D eigenvalue weighted by molar-refractivity contribution is -0.113. The van der Waals surface area contributed by atoms with E-state index in [9.17, 15) is 4.79 Å². The summed E-state index contributed by atoms with van der Waals surface area (Å²) in [7, 11) is 2.13. The molecule has 2 aromatic carbocycles. The molecule has 0 bridgehead atoms. The summed E-state index contributed by atoms with van der Waals surface area (Å²) in [4.78, 5) is 17.3. The first-order valence-corrected chi connectivity index (χ1v) is 10.9. The molecule has 0 atom stereocenters. The average Bonchev–Trinajstić information content (AvgIpc) is 3.23. The number of benzene rings is 2. The standard InChI is InChI=1S/C21H25N7OS/c1-16-7-9-17(10-8-16)28-21(23-24-25-28)30-15-20(29)22-18-5-3-4-6-19(18)27-13-11-26(2)12-14-27/h3-10H,11-15H2,1-2H3,(H,22,29). The van der Waals surface area contributed by atoms with Crippen LogP contribution in [0.4, 0.5) is 11.4 Å². The summed E-state index contributed by atoms with van der Waals surface area (Å²) in [5.74, 6) is 0.142. The highest BCUT2D eigenvalue weighted by molar-refractivity contribution is 7.99. The third-order valence-electron chi connectivity index (χ3n) is 5.07. The quantitative estimate of drug-likeness (QED) is 0.610.